The van der Waals surface area contributed by atoms with Crippen molar-refractivity contribution in [2.75, 3.05) is 0 Å². The van der Waals surface area contributed by atoms with Crippen LogP contribution in [0.5, 0.6) is 0 Å². The second kappa shape index (κ2) is 7.10. The highest BCUT2D eigenvalue weighted by Gasteiger charge is 2.19. The predicted molar refractivity (Wildman–Crippen MR) is 95.2 cm³/mol. The van der Waals surface area contributed by atoms with Gasteiger partial charge in [0.15, 0.2) is 10.9 Å². The van der Waals surface area contributed by atoms with Crippen LogP contribution in [0, 0.1) is 0 Å². The smallest absolute Gasteiger partial charge is 0.196 e. The molecule has 0 aliphatic rings. The van der Waals surface area contributed by atoms with Gasteiger partial charge in [0, 0.05) is 15.7 Å². The van der Waals surface area contributed by atoms with Crippen molar-refractivity contribution >= 4 is 33.5 Å². The van der Waals surface area contributed by atoms with Crippen LogP contribution in [0.2, 0.25) is 0 Å². The predicted octanol–water partition coefficient (Wildman–Crippen LogP) is 4.39. The van der Waals surface area contributed by atoms with Crippen LogP contribution in [-0.4, -0.2) is 25.8 Å². The quantitative estimate of drug-likeness (QED) is 0.480. The number of aromatic nitrogens is 3. The molecule has 1 heterocycles. The van der Waals surface area contributed by atoms with Crippen molar-refractivity contribution in [3.63, 3.8) is 0 Å². The molecule has 0 radical (unpaired) electrons. The van der Waals surface area contributed by atoms with Crippen LogP contribution in [-0.2, 0) is 0 Å². The highest BCUT2D eigenvalue weighted by molar-refractivity contribution is 9.10. The SMILES string of the molecule is CC(Sc1nncn1-c1ccccc1)C(=O)c1ccc(Br)cc1. The number of ketones is 1. The largest absolute Gasteiger partial charge is 0.293 e. The minimum atomic E-state index is -0.247. The number of halogens is 1. The lowest BCUT2D eigenvalue weighted by molar-refractivity contribution is 0.0994. The highest BCUT2D eigenvalue weighted by Crippen LogP contribution is 2.26. The van der Waals surface area contributed by atoms with E-state index in [1.165, 1.54) is 11.8 Å². The van der Waals surface area contributed by atoms with Gasteiger partial charge in [-0.1, -0.05) is 58.0 Å². The molecule has 1 aromatic heterocycles. The molecule has 0 saturated heterocycles. The number of nitrogens with zero attached hydrogens (tertiary/aromatic N) is 3. The fraction of sp³-hybridized carbons (Fsp3) is 0.118. The summed E-state index contributed by atoms with van der Waals surface area (Å²) in [5, 5.41) is 8.56. The van der Waals surface area contributed by atoms with E-state index in [9.17, 15) is 4.79 Å². The van der Waals surface area contributed by atoms with Gasteiger partial charge in [-0.15, -0.1) is 10.2 Å². The van der Waals surface area contributed by atoms with Crippen molar-refractivity contribution in [3.05, 3.63) is 71.0 Å². The molecule has 6 heteroatoms. The van der Waals surface area contributed by atoms with Crippen LogP contribution in [0.1, 0.15) is 17.3 Å². The normalized spacial score (nSPS) is 12.1. The molecule has 1 atom stereocenters. The first-order valence-electron chi connectivity index (χ1n) is 7.07. The zero-order chi connectivity index (χ0) is 16.2. The second-order valence-corrected chi connectivity index (χ2v) is 7.17. The minimum absolute atomic E-state index is 0.0742. The fourth-order valence-electron chi connectivity index (χ4n) is 2.13. The number of benzene rings is 2. The zero-order valence-corrected chi connectivity index (χ0v) is 14.8. The molecular formula is C17H14BrN3OS. The molecule has 0 aliphatic carbocycles. The average Bonchev–Trinajstić information content (AvgIpc) is 3.04. The van der Waals surface area contributed by atoms with E-state index in [2.05, 4.69) is 26.1 Å². The van der Waals surface area contributed by atoms with Gasteiger partial charge in [0.1, 0.15) is 6.33 Å². The van der Waals surface area contributed by atoms with Crippen molar-refractivity contribution < 1.29 is 4.79 Å². The molecule has 0 aliphatic heterocycles. The van der Waals surface area contributed by atoms with E-state index >= 15 is 0 Å². The van der Waals surface area contributed by atoms with E-state index in [4.69, 9.17) is 0 Å². The number of carbonyl (C=O) groups excluding carboxylic acids is 1. The molecule has 0 N–H and O–H groups in total. The van der Waals surface area contributed by atoms with Crippen LogP contribution in [0.3, 0.4) is 0 Å². The van der Waals surface area contributed by atoms with Crippen molar-refractivity contribution in [3.8, 4) is 5.69 Å². The van der Waals surface area contributed by atoms with E-state index in [1.807, 2.05) is 66.1 Å². The lowest BCUT2D eigenvalue weighted by Crippen LogP contribution is -2.14. The summed E-state index contributed by atoms with van der Waals surface area (Å²) in [5.41, 5.74) is 1.67. The topological polar surface area (TPSA) is 47.8 Å². The van der Waals surface area contributed by atoms with Crippen molar-refractivity contribution in [2.45, 2.75) is 17.3 Å². The number of hydrogen-bond acceptors (Lipinski definition) is 4. The highest BCUT2D eigenvalue weighted by atomic mass is 79.9. The molecule has 0 bridgehead atoms. The van der Waals surface area contributed by atoms with Crippen LogP contribution in [0.15, 0.2) is 70.6 Å². The molecule has 4 nitrogen and oxygen atoms in total. The Balaban J connectivity index is 1.79. The molecule has 1 unspecified atom stereocenters. The van der Waals surface area contributed by atoms with Gasteiger partial charge in [0.25, 0.3) is 0 Å². The van der Waals surface area contributed by atoms with Gasteiger partial charge in [-0.3, -0.25) is 9.36 Å². The second-order valence-electron chi connectivity index (χ2n) is 4.95. The van der Waals surface area contributed by atoms with Gasteiger partial charge < -0.3 is 0 Å². The minimum Gasteiger partial charge on any atom is -0.293 e. The summed E-state index contributed by atoms with van der Waals surface area (Å²) in [6.45, 7) is 1.89. The Kier molecular flexibility index (Phi) is 4.93. The number of thioether (sulfide) groups is 1. The standard InChI is InChI=1S/C17H14BrN3OS/c1-12(16(22)13-7-9-14(18)10-8-13)23-17-20-19-11-21(17)15-5-3-2-4-6-15/h2-12H,1H3. The van der Waals surface area contributed by atoms with E-state index in [0.717, 1.165) is 10.2 Å². The lowest BCUT2D eigenvalue weighted by Gasteiger charge is -2.11. The molecule has 0 fully saturated rings. The molecule has 3 rings (SSSR count). The third-order valence-electron chi connectivity index (χ3n) is 3.33. The number of para-hydroxylation sites is 1. The summed E-state index contributed by atoms with van der Waals surface area (Å²) in [6.07, 6.45) is 1.66. The maximum absolute atomic E-state index is 12.5. The van der Waals surface area contributed by atoms with E-state index in [0.29, 0.717) is 10.7 Å². The number of carbonyl (C=O) groups is 1. The van der Waals surface area contributed by atoms with Crippen LogP contribution < -0.4 is 0 Å². The van der Waals surface area contributed by atoms with Crippen LogP contribution in [0.4, 0.5) is 0 Å². The first kappa shape index (κ1) is 16.0. The number of Topliss-reactive ketones (excluding diaryl/α,β-unsaturated/α-hetero) is 1. The molecule has 3 aromatic rings. The Hall–Kier alpha value is -1.92. The summed E-state index contributed by atoms with van der Waals surface area (Å²) >= 11 is 4.78. The molecular weight excluding hydrogens is 374 g/mol. The molecule has 0 amide bonds. The summed E-state index contributed by atoms with van der Waals surface area (Å²) in [4.78, 5) is 12.5. The third kappa shape index (κ3) is 3.71. The fourth-order valence-corrected chi connectivity index (χ4v) is 3.32. The maximum atomic E-state index is 12.5. The first-order chi connectivity index (χ1) is 11.1. The Morgan fingerprint density at radius 3 is 2.52 bits per heavy atom. The van der Waals surface area contributed by atoms with Crippen molar-refractivity contribution in [2.24, 2.45) is 0 Å². The molecule has 0 spiro atoms. The third-order valence-corrected chi connectivity index (χ3v) is 4.92. The van der Waals surface area contributed by atoms with Gasteiger partial charge in [-0.05, 0) is 31.2 Å². The Morgan fingerprint density at radius 1 is 1.13 bits per heavy atom. The van der Waals surface area contributed by atoms with Crippen LogP contribution in [0.25, 0.3) is 5.69 Å². The first-order valence-corrected chi connectivity index (χ1v) is 8.74. The number of rotatable bonds is 5. The van der Waals surface area contributed by atoms with Gasteiger partial charge >= 0.3 is 0 Å². The molecule has 0 saturated carbocycles. The lowest BCUT2D eigenvalue weighted by atomic mass is 10.1. The van der Waals surface area contributed by atoms with Crippen LogP contribution >= 0.6 is 27.7 Å². The van der Waals surface area contributed by atoms with Gasteiger partial charge in [0.05, 0.1) is 5.25 Å². The molecule has 2 aromatic carbocycles. The van der Waals surface area contributed by atoms with E-state index < -0.39 is 0 Å². The van der Waals surface area contributed by atoms with E-state index in [1.54, 1.807) is 6.33 Å². The zero-order valence-electron chi connectivity index (χ0n) is 12.4. The molecule has 116 valence electrons. The Labute approximate surface area is 147 Å². The summed E-state index contributed by atoms with van der Waals surface area (Å²) in [6, 6.07) is 17.2. The van der Waals surface area contributed by atoms with E-state index in [-0.39, 0.29) is 11.0 Å². The molecule has 23 heavy (non-hydrogen) atoms. The van der Waals surface area contributed by atoms with Gasteiger partial charge in [-0.2, -0.15) is 0 Å². The van der Waals surface area contributed by atoms with Crippen molar-refractivity contribution in [1.82, 2.24) is 14.8 Å². The number of hydrogen-bond donors (Lipinski definition) is 0. The van der Waals surface area contributed by atoms with Gasteiger partial charge in [-0.25, -0.2) is 0 Å². The Bertz CT molecular complexity index is 802. The summed E-state index contributed by atoms with van der Waals surface area (Å²) in [5.74, 6) is 0.0742. The summed E-state index contributed by atoms with van der Waals surface area (Å²) < 4.78 is 2.84. The van der Waals surface area contributed by atoms with Gasteiger partial charge in [0.2, 0.25) is 0 Å². The maximum Gasteiger partial charge on any atom is 0.196 e. The average molecular weight is 388 g/mol. The monoisotopic (exact) mass is 387 g/mol. The summed E-state index contributed by atoms with van der Waals surface area (Å²) in [7, 11) is 0. The van der Waals surface area contributed by atoms with Crippen molar-refractivity contribution in [1.29, 1.82) is 0 Å². The Morgan fingerprint density at radius 2 is 1.83 bits per heavy atom.